The van der Waals surface area contributed by atoms with Crippen molar-refractivity contribution >= 4 is 11.8 Å². The van der Waals surface area contributed by atoms with E-state index in [-0.39, 0.29) is 36.6 Å². The van der Waals surface area contributed by atoms with Crippen LogP contribution in [0.2, 0.25) is 0 Å². The fourth-order valence-electron chi connectivity index (χ4n) is 3.28. The van der Waals surface area contributed by atoms with E-state index in [1.807, 2.05) is 52.0 Å². The first-order chi connectivity index (χ1) is 14.8. The van der Waals surface area contributed by atoms with Gasteiger partial charge in [0.05, 0.1) is 6.61 Å². The van der Waals surface area contributed by atoms with Gasteiger partial charge in [-0.1, -0.05) is 36.8 Å². The van der Waals surface area contributed by atoms with Crippen molar-refractivity contribution in [3.8, 4) is 5.75 Å². The Hall–Kier alpha value is -2.89. The first-order valence-electron chi connectivity index (χ1n) is 10.8. The zero-order chi connectivity index (χ0) is 22.8. The largest absolute Gasteiger partial charge is 0.494 e. The van der Waals surface area contributed by atoms with Crippen LogP contribution in [-0.2, 0) is 16.1 Å². The highest BCUT2D eigenvalue weighted by Gasteiger charge is 2.28. The Morgan fingerprint density at radius 3 is 2.29 bits per heavy atom. The monoisotopic (exact) mass is 428 g/mol. The molecule has 0 aromatic heterocycles. The molecule has 168 valence electrons. The summed E-state index contributed by atoms with van der Waals surface area (Å²) >= 11 is 0. The minimum atomic E-state index is -0.585. The van der Waals surface area contributed by atoms with Crippen LogP contribution in [0, 0.1) is 12.7 Å². The van der Waals surface area contributed by atoms with Gasteiger partial charge in [0.2, 0.25) is 11.8 Å². The number of amides is 2. The van der Waals surface area contributed by atoms with E-state index in [4.69, 9.17) is 4.74 Å². The molecule has 0 saturated carbocycles. The van der Waals surface area contributed by atoms with Crippen LogP contribution in [-0.4, -0.2) is 35.4 Å². The fourth-order valence-corrected chi connectivity index (χ4v) is 3.28. The zero-order valence-corrected chi connectivity index (χ0v) is 18.9. The maximum absolute atomic E-state index is 13.3. The molecular weight excluding hydrogens is 395 g/mol. The second-order valence-electron chi connectivity index (χ2n) is 8.00. The highest BCUT2D eigenvalue weighted by atomic mass is 19.1. The molecule has 2 aromatic carbocycles. The first kappa shape index (κ1) is 24.4. The van der Waals surface area contributed by atoms with Gasteiger partial charge in [0.15, 0.2) is 0 Å². The number of rotatable bonds is 11. The van der Waals surface area contributed by atoms with Crippen molar-refractivity contribution in [1.82, 2.24) is 10.2 Å². The van der Waals surface area contributed by atoms with Crippen LogP contribution in [0.25, 0.3) is 0 Å². The molecule has 0 aliphatic carbocycles. The van der Waals surface area contributed by atoms with Crippen molar-refractivity contribution < 1.29 is 18.7 Å². The molecular formula is C25H33FN2O3. The third-order valence-corrected chi connectivity index (χ3v) is 4.91. The zero-order valence-electron chi connectivity index (χ0n) is 18.9. The third kappa shape index (κ3) is 8.04. The van der Waals surface area contributed by atoms with Gasteiger partial charge in [-0.15, -0.1) is 0 Å². The Balaban J connectivity index is 2.04. The van der Waals surface area contributed by atoms with Crippen LogP contribution in [0.4, 0.5) is 4.39 Å². The Kier molecular flexibility index (Phi) is 9.50. The molecule has 0 fully saturated rings. The average Bonchev–Trinajstić information content (AvgIpc) is 2.73. The summed E-state index contributed by atoms with van der Waals surface area (Å²) in [6, 6.07) is 13.2. The molecule has 2 amide bonds. The molecule has 0 spiro atoms. The molecule has 1 N–H and O–H groups in total. The Morgan fingerprint density at radius 1 is 1.06 bits per heavy atom. The van der Waals surface area contributed by atoms with Gasteiger partial charge < -0.3 is 15.0 Å². The van der Waals surface area contributed by atoms with Crippen molar-refractivity contribution in [1.29, 1.82) is 0 Å². The van der Waals surface area contributed by atoms with Crippen LogP contribution in [0.1, 0.15) is 51.2 Å². The molecule has 0 heterocycles. The normalized spacial score (nSPS) is 11.8. The lowest BCUT2D eigenvalue weighted by molar-refractivity contribution is -0.141. The second-order valence-corrected chi connectivity index (χ2v) is 8.00. The van der Waals surface area contributed by atoms with Crippen LogP contribution in [0.15, 0.2) is 48.5 Å². The topological polar surface area (TPSA) is 58.6 Å². The summed E-state index contributed by atoms with van der Waals surface area (Å²) < 4.78 is 19.0. The summed E-state index contributed by atoms with van der Waals surface area (Å²) in [5, 5.41) is 2.90. The van der Waals surface area contributed by atoms with E-state index in [0.29, 0.717) is 19.4 Å². The van der Waals surface area contributed by atoms with Gasteiger partial charge in [-0.25, -0.2) is 4.39 Å². The highest BCUT2D eigenvalue weighted by Crippen LogP contribution is 2.16. The van der Waals surface area contributed by atoms with E-state index in [2.05, 4.69) is 5.32 Å². The van der Waals surface area contributed by atoms with Gasteiger partial charge in [-0.3, -0.25) is 9.59 Å². The van der Waals surface area contributed by atoms with Gasteiger partial charge in [-0.05, 0) is 63.4 Å². The van der Waals surface area contributed by atoms with Gasteiger partial charge in [0, 0.05) is 19.0 Å². The maximum atomic E-state index is 13.3. The molecule has 0 aliphatic rings. The summed E-state index contributed by atoms with van der Waals surface area (Å²) in [6.45, 7) is 8.34. The summed E-state index contributed by atoms with van der Waals surface area (Å²) in [5.74, 6) is 0.134. The van der Waals surface area contributed by atoms with Crippen molar-refractivity contribution in [2.75, 3.05) is 6.61 Å². The predicted molar refractivity (Wildman–Crippen MR) is 120 cm³/mol. The summed E-state index contributed by atoms with van der Waals surface area (Å²) in [7, 11) is 0. The number of benzene rings is 2. The minimum Gasteiger partial charge on any atom is -0.494 e. The van der Waals surface area contributed by atoms with Crippen molar-refractivity contribution in [2.45, 2.75) is 65.6 Å². The van der Waals surface area contributed by atoms with E-state index in [1.165, 1.54) is 12.1 Å². The molecule has 2 aromatic rings. The average molecular weight is 429 g/mol. The quantitative estimate of drug-likeness (QED) is 0.531. The number of hydrogen-bond donors (Lipinski definition) is 1. The molecule has 0 saturated heterocycles. The minimum absolute atomic E-state index is 0.0211. The number of nitrogens with zero attached hydrogens (tertiary/aromatic N) is 1. The molecule has 6 heteroatoms. The molecule has 31 heavy (non-hydrogen) atoms. The molecule has 0 bridgehead atoms. The summed E-state index contributed by atoms with van der Waals surface area (Å²) in [5.41, 5.74) is 1.94. The van der Waals surface area contributed by atoms with E-state index >= 15 is 0 Å². The van der Waals surface area contributed by atoms with Crippen molar-refractivity contribution in [3.05, 3.63) is 65.5 Å². The lowest BCUT2D eigenvalue weighted by atomic mass is 10.1. The summed E-state index contributed by atoms with van der Waals surface area (Å²) in [4.78, 5) is 27.4. The van der Waals surface area contributed by atoms with Crippen LogP contribution in [0.3, 0.4) is 0 Å². The number of ether oxygens (including phenoxy) is 1. The Morgan fingerprint density at radius 2 is 1.71 bits per heavy atom. The predicted octanol–water partition coefficient (Wildman–Crippen LogP) is 4.63. The van der Waals surface area contributed by atoms with Gasteiger partial charge >= 0.3 is 0 Å². The number of carbonyl (C=O) groups is 2. The highest BCUT2D eigenvalue weighted by molar-refractivity contribution is 5.87. The molecule has 5 nitrogen and oxygen atoms in total. The molecule has 1 atom stereocenters. The third-order valence-electron chi connectivity index (χ3n) is 4.91. The lowest BCUT2D eigenvalue weighted by Gasteiger charge is -2.31. The molecule has 0 radical (unpaired) electrons. The number of nitrogens with one attached hydrogen (secondary N) is 1. The van der Waals surface area contributed by atoms with E-state index in [9.17, 15) is 14.0 Å². The number of carbonyl (C=O) groups excluding carboxylic acids is 2. The van der Waals surface area contributed by atoms with E-state index in [0.717, 1.165) is 16.9 Å². The second kappa shape index (κ2) is 12.1. The standard InChI is InChI=1S/C25H33FN2O3/c1-5-23(25(30)27-18(2)3)28(17-20-10-12-21(26)13-11-20)24(29)7-6-16-31-22-14-8-19(4)9-15-22/h8-15,18,23H,5-7,16-17H2,1-4H3,(H,27,30)/t23-/m1/s1. The number of aryl methyl sites for hydroxylation is 1. The van der Waals surface area contributed by atoms with Crippen molar-refractivity contribution in [3.63, 3.8) is 0 Å². The van der Waals surface area contributed by atoms with Crippen LogP contribution in [0.5, 0.6) is 5.75 Å². The van der Waals surface area contributed by atoms with Gasteiger partial charge in [0.1, 0.15) is 17.6 Å². The molecule has 0 unspecified atom stereocenters. The fraction of sp³-hybridized carbons (Fsp3) is 0.440. The lowest BCUT2D eigenvalue weighted by Crippen LogP contribution is -2.50. The SMILES string of the molecule is CC[C@H](C(=O)NC(C)C)N(Cc1ccc(F)cc1)C(=O)CCCOc1ccc(C)cc1. The van der Waals surface area contributed by atoms with Crippen LogP contribution >= 0.6 is 0 Å². The Labute approximate surface area is 184 Å². The number of halogens is 1. The number of hydrogen-bond acceptors (Lipinski definition) is 3. The Bertz CT molecular complexity index is 835. The maximum Gasteiger partial charge on any atom is 0.243 e. The van der Waals surface area contributed by atoms with Crippen molar-refractivity contribution in [2.24, 2.45) is 0 Å². The summed E-state index contributed by atoms with van der Waals surface area (Å²) in [6.07, 6.45) is 1.29. The van der Waals surface area contributed by atoms with Gasteiger partial charge in [-0.2, -0.15) is 0 Å². The first-order valence-corrected chi connectivity index (χ1v) is 10.8. The smallest absolute Gasteiger partial charge is 0.243 e. The van der Waals surface area contributed by atoms with E-state index < -0.39 is 6.04 Å². The van der Waals surface area contributed by atoms with E-state index in [1.54, 1.807) is 17.0 Å². The van der Waals surface area contributed by atoms with Crippen LogP contribution < -0.4 is 10.1 Å². The molecule has 0 aliphatic heterocycles. The molecule has 2 rings (SSSR count). The van der Waals surface area contributed by atoms with Gasteiger partial charge in [0.25, 0.3) is 0 Å².